The number of imide groups is 1. The number of likely N-dealkylation sites (tertiary alicyclic amines) is 1. The Labute approximate surface area is 293 Å². The van der Waals surface area contributed by atoms with Gasteiger partial charge in [-0.2, -0.15) is 0 Å². The molecule has 0 aromatic carbocycles. The molecule has 3 saturated heterocycles. The van der Waals surface area contributed by atoms with Crippen LogP contribution in [-0.4, -0.2) is 155 Å². The van der Waals surface area contributed by atoms with Crippen LogP contribution in [0.2, 0.25) is 0 Å². The average Bonchev–Trinajstić information content (AvgIpc) is 3.86. The molecule has 4 aliphatic heterocycles. The van der Waals surface area contributed by atoms with Crippen LogP contribution in [0.15, 0.2) is 9.98 Å². The number of carbonyl (C=O) groups excluding carboxylic acids is 5. The molecule has 0 saturated carbocycles. The molecular formula is C32H52ClN7O9. The van der Waals surface area contributed by atoms with Crippen molar-refractivity contribution in [2.24, 2.45) is 9.98 Å². The van der Waals surface area contributed by atoms with Crippen LogP contribution in [0.4, 0.5) is 0 Å². The zero-order valence-corrected chi connectivity index (χ0v) is 29.0. The Balaban J connectivity index is 0.00000650. The van der Waals surface area contributed by atoms with Crippen molar-refractivity contribution in [1.29, 1.82) is 0 Å². The highest BCUT2D eigenvalue weighted by atomic mass is 35.5. The predicted molar refractivity (Wildman–Crippen MR) is 182 cm³/mol. The van der Waals surface area contributed by atoms with Crippen molar-refractivity contribution in [2.45, 2.75) is 82.0 Å². The standard InChI is InChI=1S/C32H51N7O9.ClH/c40-28-8-7-25(35-28)30(42)36-26(21-24-22-33-23-34-24)31(43)37-32(44)27-5-4-10-38(27)9-3-1-2-6-29(41)39-11-13-45-15-17-47-19-20-48-18-16-46-14-12-39;/h22-27H,1-21H2,(H,35,40)(H,36,42)(H,37,43,44);1H/t24?,25-,26-,27-;/m0./s1. The van der Waals surface area contributed by atoms with Gasteiger partial charge in [-0.15, -0.1) is 12.4 Å². The Morgan fingerprint density at radius 2 is 1.55 bits per heavy atom. The number of halogens is 1. The molecule has 5 amide bonds. The zero-order valence-electron chi connectivity index (χ0n) is 28.2. The number of nitrogens with one attached hydrogen (secondary N) is 3. The smallest absolute Gasteiger partial charge is 0.249 e. The van der Waals surface area contributed by atoms with Gasteiger partial charge in [-0.05, 0) is 45.2 Å². The zero-order chi connectivity index (χ0) is 34.0. The molecule has 0 bridgehead atoms. The first-order valence-corrected chi connectivity index (χ1v) is 17.2. The lowest BCUT2D eigenvalue weighted by Crippen LogP contribution is -2.55. The summed E-state index contributed by atoms with van der Waals surface area (Å²) < 4.78 is 22.2. The van der Waals surface area contributed by atoms with Crippen LogP contribution in [0.3, 0.4) is 0 Å². The van der Waals surface area contributed by atoms with E-state index in [1.165, 1.54) is 6.34 Å². The van der Waals surface area contributed by atoms with Gasteiger partial charge in [0.15, 0.2) is 0 Å². The van der Waals surface area contributed by atoms with E-state index in [-0.39, 0.29) is 37.1 Å². The highest BCUT2D eigenvalue weighted by Crippen LogP contribution is 2.19. The van der Waals surface area contributed by atoms with E-state index in [0.29, 0.717) is 91.8 Å². The van der Waals surface area contributed by atoms with E-state index in [4.69, 9.17) is 18.9 Å². The summed E-state index contributed by atoms with van der Waals surface area (Å²) >= 11 is 0. The minimum atomic E-state index is -1.02. The Bertz CT molecular complexity index is 1120. The van der Waals surface area contributed by atoms with Crippen LogP contribution in [0.1, 0.15) is 57.8 Å². The van der Waals surface area contributed by atoms with Crippen molar-refractivity contribution in [1.82, 2.24) is 25.8 Å². The molecule has 49 heavy (non-hydrogen) atoms. The van der Waals surface area contributed by atoms with Crippen LogP contribution in [0, 0.1) is 0 Å². The van der Waals surface area contributed by atoms with E-state index >= 15 is 0 Å². The van der Waals surface area contributed by atoms with Gasteiger partial charge in [0, 0.05) is 38.6 Å². The molecule has 4 aliphatic rings. The second-order valence-corrected chi connectivity index (χ2v) is 12.3. The molecule has 276 valence electrons. The summed E-state index contributed by atoms with van der Waals surface area (Å²) in [4.78, 5) is 75.8. The molecule has 3 fully saturated rings. The monoisotopic (exact) mass is 713 g/mol. The fraction of sp³-hybridized carbons (Fsp3) is 0.781. The second-order valence-electron chi connectivity index (χ2n) is 12.3. The number of unbranched alkanes of at least 4 members (excludes halogenated alkanes) is 2. The van der Waals surface area contributed by atoms with Gasteiger partial charge in [-0.25, -0.2) is 4.99 Å². The summed E-state index contributed by atoms with van der Waals surface area (Å²) in [5.74, 6) is -1.63. The molecule has 0 aliphatic carbocycles. The lowest BCUT2D eigenvalue weighted by molar-refractivity contribution is -0.136. The Hall–Kier alpha value is -3.02. The molecule has 0 spiro atoms. The van der Waals surface area contributed by atoms with Gasteiger partial charge in [0.05, 0.1) is 64.9 Å². The summed E-state index contributed by atoms with van der Waals surface area (Å²) in [6, 6.07) is -2.59. The van der Waals surface area contributed by atoms with Gasteiger partial charge < -0.3 is 34.5 Å². The predicted octanol–water partition coefficient (Wildman–Crippen LogP) is -0.381. The van der Waals surface area contributed by atoms with E-state index in [2.05, 4.69) is 30.8 Å². The quantitative estimate of drug-likeness (QED) is 0.225. The first-order valence-electron chi connectivity index (χ1n) is 17.2. The third-order valence-corrected chi connectivity index (χ3v) is 8.73. The third kappa shape index (κ3) is 14.4. The number of aliphatic imine (C=N–C) groups is 2. The van der Waals surface area contributed by atoms with Crippen molar-refractivity contribution in [3.63, 3.8) is 0 Å². The molecule has 0 radical (unpaired) electrons. The lowest BCUT2D eigenvalue weighted by atomic mass is 10.1. The molecule has 3 N–H and O–H groups in total. The normalized spacial score (nSPS) is 24.7. The number of rotatable bonds is 12. The molecule has 1 unspecified atom stereocenters. The molecule has 16 nitrogen and oxygen atoms in total. The molecule has 0 aromatic rings. The van der Waals surface area contributed by atoms with Crippen molar-refractivity contribution in [2.75, 3.05) is 79.0 Å². The lowest BCUT2D eigenvalue weighted by Gasteiger charge is -2.25. The highest BCUT2D eigenvalue weighted by molar-refractivity contribution is 6.02. The molecule has 4 rings (SSSR count). The SMILES string of the molecule is Cl.O=C1CC[C@@H](C(=O)N[C@@H](CC2C=NC=N2)C(=O)NC(=O)[C@@H]2CCCN2CCCCCC(=O)N2CCOCCOCCOCCOCC2)N1. The van der Waals surface area contributed by atoms with Crippen molar-refractivity contribution in [3.8, 4) is 0 Å². The van der Waals surface area contributed by atoms with E-state index in [9.17, 15) is 24.0 Å². The third-order valence-electron chi connectivity index (χ3n) is 8.73. The van der Waals surface area contributed by atoms with Gasteiger partial charge in [-0.3, -0.25) is 39.2 Å². The summed E-state index contributed by atoms with van der Waals surface area (Å²) in [5.41, 5.74) is 0. The van der Waals surface area contributed by atoms with Crippen LogP contribution < -0.4 is 16.0 Å². The number of hydrogen-bond acceptors (Lipinski definition) is 12. The number of carbonyl (C=O) groups is 5. The Morgan fingerprint density at radius 3 is 2.16 bits per heavy atom. The second kappa shape index (κ2) is 22.6. The fourth-order valence-corrected chi connectivity index (χ4v) is 6.06. The van der Waals surface area contributed by atoms with E-state index in [0.717, 1.165) is 32.2 Å². The first-order chi connectivity index (χ1) is 23.4. The van der Waals surface area contributed by atoms with E-state index in [1.807, 2.05) is 0 Å². The number of ether oxygens (including phenoxy) is 4. The number of amides is 5. The number of hydrogen-bond donors (Lipinski definition) is 3. The van der Waals surface area contributed by atoms with E-state index < -0.39 is 41.9 Å². The van der Waals surface area contributed by atoms with Crippen LogP contribution in [0.5, 0.6) is 0 Å². The van der Waals surface area contributed by atoms with Gasteiger partial charge in [0.1, 0.15) is 18.4 Å². The van der Waals surface area contributed by atoms with Gasteiger partial charge in [0.2, 0.25) is 29.5 Å². The molecule has 4 heterocycles. The van der Waals surface area contributed by atoms with E-state index in [1.54, 1.807) is 11.1 Å². The van der Waals surface area contributed by atoms with Gasteiger partial charge >= 0.3 is 0 Å². The maximum atomic E-state index is 13.3. The van der Waals surface area contributed by atoms with Crippen molar-refractivity contribution >= 4 is 54.5 Å². The van der Waals surface area contributed by atoms with Crippen molar-refractivity contribution < 1.29 is 42.9 Å². The van der Waals surface area contributed by atoms with Crippen LogP contribution in [-0.2, 0) is 42.9 Å². The first kappa shape index (κ1) is 40.4. The molecule has 0 aromatic heterocycles. The van der Waals surface area contributed by atoms with Crippen LogP contribution >= 0.6 is 12.4 Å². The van der Waals surface area contributed by atoms with Crippen LogP contribution in [0.25, 0.3) is 0 Å². The topological polar surface area (TPSA) is 190 Å². The highest BCUT2D eigenvalue weighted by Gasteiger charge is 2.35. The Morgan fingerprint density at radius 1 is 0.878 bits per heavy atom. The molecule has 4 atom stereocenters. The average molecular weight is 714 g/mol. The van der Waals surface area contributed by atoms with Crippen molar-refractivity contribution in [3.05, 3.63) is 0 Å². The minimum absolute atomic E-state index is 0. The molecule has 17 heteroatoms. The minimum Gasteiger partial charge on any atom is -0.377 e. The summed E-state index contributed by atoms with van der Waals surface area (Å²) in [6.45, 7) is 6.17. The maximum absolute atomic E-state index is 13.3. The summed E-state index contributed by atoms with van der Waals surface area (Å²) in [5, 5.41) is 7.81. The van der Waals surface area contributed by atoms with Gasteiger partial charge in [-0.1, -0.05) is 6.42 Å². The Kier molecular flexibility index (Phi) is 18.7. The fourth-order valence-electron chi connectivity index (χ4n) is 6.06. The maximum Gasteiger partial charge on any atom is 0.249 e. The largest absolute Gasteiger partial charge is 0.377 e. The summed E-state index contributed by atoms with van der Waals surface area (Å²) in [7, 11) is 0. The summed E-state index contributed by atoms with van der Waals surface area (Å²) in [6.07, 6.45) is 7.91. The molecular weight excluding hydrogens is 662 g/mol. The number of nitrogens with zero attached hydrogens (tertiary/aromatic N) is 4. The van der Waals surface area contributed by atoms with Gasteiger partial charge in [0.25, 0.3) is 0 Å².